The molecule has 2 rings (SSSR count). The summed E-state index contributed by atoms with van der Waals surface area (Å²) in [6.45, 7) is 5.38. The molecule has 2 aromatic rings. The van der Waals surface area contributed by atoms with Crippen molar-refractivity contribution in [2.75, 3.05) is 0 Å². The normalized spacial score (nSPS) is 10.8. The number of aromatic nitrogens is 4. The van der Waals surface area contributed by atoms with Gasteiger partial charge >= 0.3 is 5.97 Å². The van der Waals surface area contributed by atoms with Crippen LogP contribution in [0, 0.1) is 20.8 Å². The number of rotatable bonds is 4. The number of carbonyl (C=O) groups is 1. The number of nitrogens with one attached hydrogen (secondary N) is 1. The Labute approximate surface area is 115 Å². The molecule has 2 aromatic heterocycles. The second-order valence-corrected chi connectivity index (χ2v) is 4.67. The van der Waals surface area contributed by atoms with Gasteiger partial charge in [0.25, 0.3) is 5.56 Å². The Morgan fingerprint density at radius 1 is 1.40 bits per heavy atom. The highest BCUT2D eigenvalue weighted by Gasteiger charge is 2.15. The van der Waals surface area contributed by atoms with Crippen molar-refractivity contribution in [1.29, 1.82) is 0 Å². The van der Waals surface area contributed by atoms with Crippen molar-refractivity contribution >= 4 is 5.97 Å². The third kappa shape index (κ3) is 2.76. The molecule has 106 valence electrons. The van der Waals surface area contributed by atoms with E-state index in [4.69, 9.17) is 5.11 Å². The Balaban J connectivity index is 2.45. The van der Waals surface area contributed by atoms with E-state index in [0.717, 1.165) is 17.0 Å². The molecule has 0 fully saturated rings. The molecule has 0 aromatic carbocycles. The van der Waals surface area contributed by atoms with E-state index in [9.17, 15) is 9.59 Å². The highest BCUT2D eigenvalue weighted by Crippen LogP contribution is 2.17. The maximum Gasteiger partial charge on any atom is 0.303 e. The molecule has 7 heteroatoms. The Morgan fingerprint density at radius 3 is 2.70 bits per heavy atom. The zero-order valence-corrected chi connectivity index (χ0v) is 11.6. The van der Waals surface area contributed by atoms with Gasteiger partial charge in [-0.05, 0) is 32.8 Å². The van der Waals surface area contributed by atoms with Crippen molar-refractivity contribution < 1.29 is 9.90 Å². The maximum atomic E-state index is 11.5. The molecule has 0 unspecified atom stereocenters. The molecule has 2 heterocycles. The number of carboxylic acids is 1. The van der Waals surface area contributed by atoms with Crippen molar-refractivity contribution in [3.8, 4) is 5.95 Å². The molecule has 0 spiro atoms. The van der Waals surface area contributed by atoms with Crippen molar-refractivity contribution in [3.05, 3.63) is 39.1 Å². The summed E-state index contributed by atoms with van der Waals surface area (Å²) in [6.07, 6.45) is 0.453. The summed E-state index contributed by atoms with van der Waals surface area (Å²) in [5.74, 6) is -0.504. The molecule has 0 radical (unpaired) electrons. The number of H-pyrrole nitrogens is 1. The molecule has 0 bridgehead atoms. The van der Waals surface area contributed by atoms with Gasteiger partial charge in [0.05, 0.1) is 5.69 Å². The summed E-state index contributed by atoms with van der Waals surface area (Å²) in [4.78, 5) is 29.0. The summed E-state index contributed by atoms with van der Waals surface area (Å²) >= 11 is 0. The van der Waals surface area contributed by atoms with Crippen molar-refractivity contribution in [1.82, 2.24) is 19.7 Å². The minimum Gasteiger partial charge on any atom is -0.481 e. The summed E-state index contributed by atoms with van der Waals surface area (Å²) in [5.41, 5.74) is 2.76. The minimum absolute atomic E-state index is 0.0468. The Kier molecular flexibility index (Phi) is 3.69. The van der Waals surface area contributed by atoms with E-state index in [0.29, 0.717) is 18.1 Å². The third-order valence-electron chi connectivity index (χ3n) is 3.09. The Morgan fingerprint density at radius 2 is 2.10 bits per heavy atom. The van der Waals surface area contributed by atoms with Crippen LogP contribution in [0.3, 0.4) is 0 Å². The molecular weight excluding hydrogens is 260 g/mol. The second kappa shape index (κ2) is 5.28. The standard InChI is InChI=1S/C13H16N4O3/c1-7-6-11(18)15-13(14-7)17-9(3)10(8(2)16-17)4-5-12(19)20/h6H,4-5H2,1-3H3,(H,19,20)(H,14,15,18). The fraction of sp³-hybridized carbons (Fsp3) is 0.385. The molecule has 7 nitrogen and oxygen atoms in total. The van der Waals surface area contributed by atoms with Gasteiger partial charge in [0.2, 0.25) is 5.95 Å². The molecule has 0 aliphatic rings. The van der Waals surface area contributed by atoms with Crippen LogP contribution >= 0.6 is 0 Å². The molecule has 0 saturated heterocycles. The predicted molar refractivity (Wildman–Crippen MR) is 72.1 cm³/mol. The molecular formula is C13H16N4O3. The fourth-order valence-electron chi connectivity index (χ4n) is 2.14. The van der Waals surface area contributed by atoms with Gasteiger partial charge in [-0.25, -0.2) is 9.67 Å². The van der Waals surface area contributed by atoms with Crippen LogP contribution in [0.1, 0.15) is 29.1 Å². The van der Waals surface area contributed by atoms with Gasteiger partial charge in [0.1, 0.15) is 0 Å². The maximum absolute atomic E-state index is 11.5. The van der Waals surface area contributed by atoms with Crippen LogP contribution < -0.4 is 5.56 Å². The number of aromatic amines is 1. The van der Waals surface area contributed by atoms with Gasteiger partial charge in [-0.15, -0.1) is 0 Å². The highest BCUT2D eigenvalue weighted by molar-refractivity contribution is 5.67. The largest absolute Gasteiger partial charge is 0.481 e. The van der Waals surface area contributed by atoms with E-state index >= 15 is 0 Å². The Hall–Kier alpha value is -2.44. The van der Waals surface area contributed by atoms with Crippen molar-refractivity contribution in [2.24, 2.45) is 0 Å². The molecule has 0 atom stereocenters. The average molecular weight is 276 g/mol. The summed E-state index contributed by atoms with van der Waals surface area (Å²) in [6, 6.07) is 1.40. The zero-order chi connectivity index (χ0) is 14.9. The summed E-state index contributed by atoms with van der Waals surface area (Å²) < 4.78 is 1.54. The van der Waals surface area contributed by atoms with Gasteiger partial charge in [0.15, 0.2) is 0 Å². The molecule has 0 amide bonds. The van der Waals surface area contributed by atoms with Crippen LogP contribution in [-0.4, -0.2) is 30.8 Å². The van der Waals surface area contributed by atoms with Gasteiger partial charge in [-0.1, -0.05) is 0 Å². The van der Waals surface area contributed by atoms with Gasteiger partial charge in [0, 0.05) is 23.9 Å². The molecule has 0 aliphatic heterocycles. The third-order valence-corrected chi connectivity index (χ3v) is 3.09. The number of hydrogen-bond donors (Lipinski definition) is 2. The number of hydrogen-bond acceptors (Lipinski definition) is 4. The lowest BCUT2D eigenvalue weighted by Gasteiger charge is -2.04. The van der Waals surface area contributed by atoms with Crippen LogP contribution in [0.2, 0.25) is 0 Å². The van der Waals surface area contributed by atoms with Gasteiger partial charge in [-0.2, -0.15) is 5.10 Å². The smallest absolute Gasteiger partial charge is 0.303 e. The first kappa shape index (κ1) is 14.0. The van der Waals surface area contributed by atoms with E-state index < -0.39 is 5.97 Å². The quantitative estimate of drug-likeness (QED) is 0.864. The first-order chi connectivity index (χ1) is 9.38. The van der Waals surface area contributed by atoms with Gasteiger partial charge in [-0.3, -0.25) is 14.6 Å². The van der Waals surface area contributed by atoms with E-state index in [-0.39, 0.29) is 12.0 Å². The van der Waals surface area contributed by atoms with Crippen LogP contribution in [0.4, 0.5) is 0 Å². The highest BCUT2D eigenvalue weighted by atomic mass is 16.4. The van der Waals surface area contributed by atoms with E-state index in [1.165, 1.54) is 6.07 Å². The first-order valence-corrected chi connectivity index (χ1v) is 6.23. The van der Waals surface area contributed by atoms with Crippen molar-refractivity contribution in [2.45, 2.75) is 33.6 Å². The fourth-order valence-corrected chi connectivity index (χ4v) is 2.14. The average Bonchev–Trinajstić information content (AvgIpc) is 2.61. The zero-order valence-electron chi connectivity index (χ0n) is 11.6. The number of aliphatic carboxylic acids is 1. The monoisotopic (exact) mass is 276 g/mol. The second-order valence-electron chi connectivity index (χ2n) is 4.67. The lowest BCUT2D eigenvalue weighted by Crippen LogP contribution is -2.14. The van der Waals surface area contributed by atoms with Gasteiger partial charge < -0.3 is 5.11 Å². The van der Waals surface area contributed by atoms with E-state index in [2.05, 4.69) is 15.1 Å². The first-order valence-electron chi connectivity index (χ1n) is 6.23. The van der Waals surface area contributed by atoms with Crippen LogP contribution in [0.25, 0.3) is 5.95 Å². The SMILES string of the molecule is Cc1cc(=O)[nH]c(-n2nc(C)c(CCC(=O)O)c2C)n1. The van der Waals surface area contributed by atoms with Crippen molar-refractivity contribution in [3.63, 3.8) is 0 Å². The topological polar surface area (TPSA) is 101 Å². The number of carboxylic acid groups (broad SMARTS) is 1. The minimum atomic E-state index is -0.848. The molecule has 0 aliphatic carbocycles. The molecule has 0 saturated carbocycles. The number of aryl methyl sites for hydroxylation is 2. The number of nitrogens with zero attached hydrogens (tertiary/aromatic N) is 3. The van der Waals surface area contributed by atoms with Crippen LogP contribution in [0.15, 0.2) is 10.9 Å². The predicted octanol–water partition coefficient (Wildman–Crippen LogP) is 0.898. The summed E-state index contributed by atoms with van der Waals surface area (Å²) in [5, 5.41) is 13.1. The lowest BCUT2D eigenvalue weighted by molar-refractivity contribution is -0.136. The van der Waals surface area contributed by atoms with Crippen LogP contribution in [-0.2, 0) is 11.2 Å². The van der Waals surface area contributed by atoms with E-state index in [1.54, 1.807) is 11.6 Å². The lowest BCUT2D eigenvalue weighted by atomic mass is 10.1. The van der Waals surface area contributed by atoms with E-state index in [1.807, 2.05) is 13.8 Å². The summed E-state index contributed by atoms with van der Waals surface area (Å²) in [7, 11) is 0. The molecule has 20 heavy (non-hydrogen) atoms. The van der Waals surface area contributed by atoms with Crippen LogP contribution in [0.5, 0.6) is 0 Å². The Bertz CT molecular complexity index is 715. The molecule has 2 N–H and O–H groups in total.